The largest absolute Gasteiger partial charge is 0.491 e. The number of aliphatic hydroxyl groups is 1. The summed E-state index contributed by atoms with van der Waals surface area (Å²) in [7, 11) is 1.88. The number of ether oxygens (including phenoxy) is 1. The third-order valence-corrected chi connectivity index (χ3v) is 2.84. The molecule has 5 nitrogen and oxygen atoms in total. The summed E-state index contributed by atoms with van der Waals surface area (Å²) in [6.07, 6.45) is 0. The molecule has 0 amide bonds. The Bertz CT molecular complexity index is 394. The van der Waals surface area contributed by atoms with Crippen LogP contribution in [0.1, 0.15) is 17.3 Å². The molecule has 0 aromatic heterocycles. The number of likely N-dealkylation sites (N-methyl/N-ethyl adjacent to an activating group) is 1. The summed E-state index contributed by atoms with van der Waals surface area (Å²) < 4.78 is 5.46. The number of aromatic carboxylic acids is 1. The van der Waals surface area contributed by atoms with E-state index in [1.807, 2.05) is 18.9 Å². The van der Waals surface area contributed by atoms with Crippen LogP contribution in [0.4, 0.5) is 0 Å². The van der Waals surface area contributed by atoms with E-state index < -0.39 is 5.97 Å². The van der Waals surface area contributed by atoms with Crippen LogP contribution in [0, 0.1) is 0 Å². The summed E-state index contributed by atoms with van der Waals surface area (Å²) in [5.74, 6) is -0.627. The third-order valence-electron chi connectivity index (χ3n) is 2.84. The van der Waals surface area contributed by atoms with Crippen molar-refractivity contribution < 1.29 is 19.7 Å². The fourth-order valence-electron chi connectivity index (χ4n) is 1.43. The number of nitrogens with zero attached hydrogens (tertiary/aromatic N) is 1. The molecule has 0 fully saturated rings. The molecule has 0 aliphatic heterocycles. The minimum Gasteiger partial charge on any atom is -0.491 e. The highest BCUT2D eigenvalue weighted by molar-refractivity contribution is 5.90. The molecule has 0 bridgehead atoms. The third kappa shape index (κ3) is 4.01. The van der Waals surface area contributed by atoms with Crippen LogP contribution >= 0.6 is 0 Å². The summed E-state index contributed by atoms with van der Waals surface area (Å²) >= 11 is 0. The van der Waals surface area contributed by atoms with E-state index in [1.54, 1.807) is 18.2 Å². The fraction of sp³-hybridized carbons (Fsp3) is 0.462. The SMILES string of the molecule is CC(CO)N(C)CCOc1ccccc1C(=O)O. The van der Waals surface area contributed by atoms with Crippen molar-refractivity contribution >= 4 is 5.97 Å². The van der Waals surface area contributed by atoms with Gasteiger partial charge in [0.2, 0.25) is 0 Å². The number of hydrogen-bond donors (Lipinski definition) is 2. The molecule has 0 aliphatic rings. The Balaban J connectivity index is 2.51. The highest BCUT2D eigenvalue weighted by Gasteiger charge is 2.11. The highest BCUT2D eigenvalue weighted by atomic mass is 16.5. The molecule has 18 heavy (non-hydrogen) atoms. The highest BCUT2D eigenvalue weighted by Crippen LogP contribution is 2.17. The summed E-state index contributed by atoms with van der Waals surface area (Å²) in [6, 6.07) is 6.61. The maximum atomic E-state index is 10.9. The monoisotopic (exact) mass is 253 g/mol. The Hall–Kier alpha value is -1.59. The predicted octanol–water partition coefficient (Wildman–Crippen LogP) is 1.08. The Morgan fingerprint density at radius 3 is 2.72 bits per heavy atom. The Morgan fingerprint density at radius 2 is 2.11 bits per heavy atom. The van der Waals surface area contributed by atoms with Gasteiger partial charge in [0.15, 0.2) is 0 Å². The Labute approximate surface area is 107 Å². The molecule has 0 saturated heterocycles. The number of carboxylic acids is 1. The first kappa shape index (κ1) is 14.5. The molecule has 1 aromatic carbocycles. The first-order chi connectivity index (χ1) is 8.56. The fourth-order valence-corrected chi connectivity index (χ4v) is 1.43. The normalized spacial score (nSPS) is 12.4. The molecular weight excluding hydrogens is 234 g/mol. The van der Waals surface area contributed by atoms with Crippen LogP contribution in [-0.4, -0.2) is 53.9 Å². The van der Waals surface area contributed by atoms with E-state index in [-0.39, 0.29) is 18.2 Å². The van der Waals surface area contributed by atoms with E-state index in [2.05, 4.69) is 0 Å². The van der Waals surface area contributed by atoms with E-state index >= 15 is 0 Å². The van der Waals surface area contributed by atoms with Crippen LogP contribution in [0.15, 0.2) is 24.3 Å². The number of rotatable bonds is 7. The Morgan fingerprint density at radius 1 is 1.44 bits per heavy atom. The molecule has 1 unspecified atom stereocenters. The van der Waals surface area contributed by atoms with Gasteiger partial charge in [-0.05, 0) is 26.1 Å². The van der Waals surface area contributed by atoms with Crippen molar-refractivity contribution in [3.8, 4) is 5.75 Å². The summed E-state index contributed by atoms with van der Waals surface area (Å²) in [5, 5.41) is 18.0. The van der Waals surface area contributed by atoms with Gasteiger partial charge in [-0.3, -0.25) is 4.90 Å². The summed E-state index contributed by atoms with van der Waals surface area (Å²) in [5.41, 5.74) is 0.162. The molecule has 2 N–H and O–H groups in total. The maximum absolute atomic E-state index is 10.9. The predicted molar refractivity (Wildman–Crippen MR) is 68.1 cm³/mol. The smallest absolute Gasteiger partial charge is 0.339 e. The molecule has 0 heterocycles. The zero-order valence-corrected chi connectivity index (χ0v) is 10.7. The van der Waals surface area contributed by atoms with E-state index in [4.69, 9.17) is 14.9 Å². The summed E-state index contributed by atoms with van der Waals surface area (Å²) in [6.45, 7) is 2.99. The zero-order chi connectivity index (χ0) is 13.5. The van der Waals surface area contributed by atoms with Crippen molar-refractivity contribution in [2.75, 3.05) is 26.8 Å². The Kier molecular flexibility index (Phi) is 5.61. The topological polar surface area (TPSA) is 70.0 Å². The van der Waals surface area contributed by atoms with Gasteiger partial charge in [0, 0.05) is 12.6 Å². The molecule has 0 radical (unpaired) electrons. The number of carboxylic acid groups (broad SMARTS) is 1. The second-order valence-corrected chi connectivity index (χ2v) is 4.16. The van der Waals surface area contributed by atoms with Crippen molar-refractivity contribution in [1.29, 1.82) is 0 Å². The molecule has 0 saturated carbocycles. The lowest BCUT2D eigenvalue weighted by Crippen LogP contribution is -2.35. The average molecular weight is 253 g/mol. The van der Waals surface area contributed by atoms with Crippen LogP contribution in [0.2, 0.25) is 0 Å². The molecule has 1 rings (SSSR count). The maximum Gasteiger partial charge on any atom is 0.339 e. The van der Waals surface area contributed by atoms with Gasteiger partial charge in [-0.25, -0.2) is 4.79 Å². The molecule has 1 atom stereocenters. The van der Waals surface area contributed by atoms with E-state index in [0.29, 0.717) is 18.9 Å². The van der Waals surface area contributed by atoms with E-state index in [1.165, 1.54) is 6.07 Å². The van der Waals surface area contributed by atoms with Gasteiger partial charge in [0.1, 0.15) is 17.9 Å². The van der Waals surface area contributed by atoms with Crippen LogP contribution in [0.5, 0.6) is 5.75 Å². The second kappa shape index (κ2) is 6.98. The van der Waals surface area contributed by atoms with Crippen molar-refractivity contribution in [1.82, 2.24) is 4.90 Å². The van der Waals surface area contributed by atoms with Gasteiger partial charge in [-0.15, -0.1) is 0 Å². The second-order valence-electron chi connectivity index (χ2n) is 4.16. The van der Waals surface area contributed by atoms with E-state index in [9.17, 15) is 4.79 Å². The van der Waals surface area contributed by atoms with Crippen molar-refractivity contribution in [3.63, 3.8) is 0 Å². The zero-order valence-electron chi connectivity index (χ0n) is 10.7. The number of carbonyl (C=O) groups is 1. The molecule has 0 spiro atoms. The standard InChI is InChI=1S/C13H19NO4/c1-10(9-15)14(2)7-8-18-12-6-4-3-5-11(12)13(16)17/h3-6,10,15H,7-9H2,1-2H3,(H,16,17). The number of para-hydroxylation sites is 1. The first-order valence-electron chi connectivity index (χ1n) is 5.82. The van der Waals surface area contributed by atoms with Gasteiger partial charge >= 0.3 is 5.97 Å². The molecule has 100 valence electrons. The molecule has 5 heteroatoms. The molecular formula is C13H19NO4. The minimum atomic E-state index is -0.998. The number of hydrogen-bond acceptors (Lipinski definition) is 4. The van der Waals surface area contributed by atoms with Crippen LogP contribution < -0.4 is 4.74 Å². The lowest BCUT2D eigenvalue weighted by atomic mass is 10.2. The van der Waals surface area contributed by atoms with Gasteiger partial charge in [0.05, 0.1) is 6.61 Å². The first-order valence-corrected chi connectivity index (χ1v) is 5.82. The lowest BCUT2D eigenvalue weighted by Gasteiger charge is -2.22. The quantitative estimate of drug-likeness (QED) is 0.761. The van der Waals surface area contributed by atoms with Gasteiger partial charge in [-0.2, -0.15) is 0 Å². The van der Waals surface area contributed by atoms with E-state index in [0.717, 1.165) is 0 Å². The summed E-state index contributed by atoms with van der Waals surface area (Å²) in [4.78, 5) is 12.9. The van der Waals surface area contributed by atoms with Gasteiger partial charge in [-0.1, -0.05) is 12.1 Å². The lowest BCUT2D eigenvalue weighted by molar-refractivity contribution is 0.0691. The van der Waals surface area contributed by atoms with Crippen molar-refractivity contribution in [2.45, 2.75) is 13.0 Å². The minimum absolute atomic E-state index is 0.0586. The van der Waals surface area contributed by atoms with Gasteiger partial charge in [0.25, 0.3) is 0 Å². The van der Waals surface area contributed by atoms with Crippen molar-refractivity contribution in [2.24, 2.45) is 0 Å². The van der Waals surface area contributed by atoms with Crippen LogP contribution in [0.3, 0.4) is 0 Å². The average Bonchev–Trinajstić information content (AvgIpc) is 2.38. The number of benzene rings is 1. The van der Waals surface area contributed by atoms with Gasteiger partial charge < -0.3 is 14.9 Å². The van der Waals surface area contributed by atoms with Crippen LogP contribution in [-0.2, 0) is 0 Å². The molecule has 1 aromatic rings. The van der Waals surface area contributed by atoms with Crippen LogP contribution in [0.25, 0.3) is 0 Å². The van der Waals surface area contributed by atoms with Crippen molar-refractivity contribution in [3.05, 3.63) is 29.8 Å². The number of aliphatic hydroxyl groups excluding tert-OH is 1. The molecule has 0 aliphatic carbocycles.